The minimum absolute atomic E-state index is 0.0551. The van der Waals surface area contributed by atoms with Crippen LogP contribution in [0.25, 0.3) is 0 Å². The maximum absolute atomic E-state index is 12.9. The summed E-state index contributed by atoms with van der Waals surface area (Å²) < 4.78 is 2.14. The summed E-state index contributed by atoms with van der Waals surface area (Å²) in [5.41, 5.74) is -1.15. The van der Waals surface area contributed by atoms with Crippen LogP contribution in [0.2, 0.25) is 0 Å². The zero-order valence-corrected chi connectivity index (χ0v) is 16.5. The summed E-state index contributed by atoms with van der Waals surface area (Å²) in [6.45, 7) is 11.3. The van der Waals surface area contributed by atoms with Crippen molar-refractivity contribution in [1.82, 2.24) is 19.4 Å². The molecule has 1 unspecified atom stereocenters. The lowest BCUT2D eigenvalue weighted by Crippen LogP contribution is -2.60. The predicted molar refractivity (Wildman–Crippen MR) is 102 cm³/mol. The van der Waals surface area contributed by atoms with Crippen LogP contribution < -0.4 is 0 Å². The highest BCUT2D eigenvalue weighted by Crippen LogP contribution is 2.28. The first-order chi connectivity index (χ1) is 12.3. The molecule has 6 heteroatoms. The summed E-state index contributed by atoms with van der Waals surface area (Å²) in [4.78, 5) is 21.2. The number of hydrogen-bond acceptors (Lipinski definition) is 4. The highest BCUT2D eigenvalue weighted by Gasteiger charge is 2.44. The van der Waals surface area contributed by atoms with E-state index in [-0.39, 0.29) is 11.3 Å². The average molecular weight is 363 g/mol. The van der Waals surface area contributed by atoms with Crippen molar-refractivity contribution in [2.75, 3.05) is 32.7 Å². The van der Waals surface area contributed by atoms with Gasteiger partial charge in [-0.1, -0.05) is 20.8 Å². The van der Waals surface area contributed by atoms with Gasteiger partial charge in [0.05, 0.1) is 6.33 Å². The van der Waals surface area contributed by atoms with Gasteiger partial charge in [-0.05, 0) is 50.1 Å². The second-order valence-electron chi connectivity index (χ2n) is 9.40. The molecule has 2 fully saturated rings. The van der Waals surface area contributed by atoms with Crippen molar-refractivity contribution >= 4 is 5.91 Å². The first kappa shape index (κ1) is 19.4. The second kappa shape index (κ2) is 7.69. The van der Waals surface area contributed by atoms with Gasteiger partial charge in [0, 0.05) is 38.6 Å². The van der Waals surface area contributed by atoms with Crippen molar-refractivity contribution < 1.29 is 9.90 Å². The minimum atomic E-state index is -1.21. The molecule has 0 radical (unpaired) electrons. The number of likely N-dealkylation sites (tertiary alicyclic amines) is 2. The molecule has 0 aromatic carbocycles. The smallest absolute Gasteiger partial charge is 0.255 e. The van der Waals surface area contributed by atoms with Crippen LogP contribution in [0.3, 0.4) is 0 Å². The second-order valence-corrected chi connectivity index (χ2v) is 9.40. The van der Waals surface area contributed by atoms with Gasteiger partial charge in [-0.15, -0.1) is 0 Å². The van der Waals surface area contributed by atoms with Crippen LogP contribution in [0, 0.1) is 11.3 Å². The molecule has 0 bridgehead atoms. The number of piperidine rings is 2. The van der Waals surface area contributed by atoms with Gasteiger partial charge in [0.25, 0.3) is 5.91 Å². The molecule has 0 saturated carbocycles. The molecule has 1 aromatic rings. The SMILES string of the molecule is CC(C)(C)CN1CCCC(O)(CN2CCC(Cn3ccnc3)CC2)C1=O. The van der Waals surface area contributed by atoms with Crippen LogP contribution in [0.4, 0.5) is 0 Å². The number of β-amino-alcohol motifs (C(OH)–C–C–N with tert-alkyl or cyclic N) is 1. The molecule has 6 nitrogen and oxygen atoms in total. The number of carbonyl (C=O) groups excluding carboxylic acids is 1. The Kier molecular flexibility index (Phi) is 5.72. The fourth-order valence-electron chi connectivity index (χ4n) is 4.33. The fraction of sp³-hybridized carbons (Fsp3) is 0.800. The summed E-state index contributed by atoms with van der Waals surface area (Å²) in [5, 5.41) is 11.1. The van der Waals surface area contributed by atoms with E-state index >= 15 is 0 Å². The van der Waals surface area contributed by atoms with E-state index in [1.165, 1.54) is 0 Å². The molecule has 1 aromatic heterocycles. The Balaban J connectivity index is 1.52. The van der Waals surface area contributed by atoms with E-state index in [2.05, 4.69) is 35.2 Å². The van der Waals surface area contributed by atoms with Crippen molar-refractivity contribution in [3.63, 3.8) is 0 Å². The topological polar surface area (TPSA) is 61.6 Å². The summed E-state index contributed by atoms with van der Waals surface area (Å²) >= 11 is 0. The van der Waals surface area contributed by atoms with E-state index in [0.717, 1.165) is 45.4 Å². The van der Waals surface area contributed by atoms with Crippen LogP contribution in [0.15, 0.2) is 18.7 Å². The van der Waals surface area contributed by atoms with Crippen molar-refractivity contribution in [1.29, 1.82) is 0 Å². The molecule has 0 aliphatic carbocycles. The molecule has 26 heavy (non-hydrogen) atoms. The van der Waals surface area contributed by atoms with Gasteiger partial charge in [0.2, 0.25) is 0 Å². The van der Waals surface area contributed by atoms with Gasteiger partial charge in [0.1, 0.15) is 0 Å². The lowest BCUT2D eigenvalue weighted by Gasteiger charge is -2.44. The molecule has 146 valence electrons. The van der Waals surface area contributed by atoms with Crippen LogP contribution in [0.1, 0.15) is 46.5 Å². The predicted octanol–water partition coefficient (Wildman–Crippen LogP) is 1.99. The molecule has 2 aliphatic rings. The van der Waals surface area contributed by atoms with Crippen molar-refractivity contribution in [3.05, 3.63) is 18.7 Å². The number of amides is 1. The highest BCUT2D eigenvalue weighted by molar-refractivity contribution is 5.86. The average Bonchev–Trinajstić information content (AvgIpc) is 3.06. The molecular formula is C20H34N4O2. The van der Waals surface area contributed by atoms with Crippen molar-refractivity contribution in [2.24, 2.45) is 11.3 Å². The number of rotatable bonds is 5. The summed E-state index contributed by atoms with van der Waals surface area (Å²) in [6, 6.07) is 0. The molecule has 3 heterocycles. The third kappa shape index (κ3) is 4.86. The summed E-state index contributed by atoms with van der Waals surface area (Å²) in [7, 11) is 0. The van der Waals surface area contributed by atoms with Crippen molar-refractivity contribution in [3.8, 4) is 0 Å². The Morgan fingerprint density at radius 3 is 2.62 bits per heavy atom. The first-order valence-electron chi connectivity index (χ1n) is 9.95. The number of nitrogens with zero attached hydrogens (tertiary/aromatic N) is 4. The quantitative estimate of drug-likeness (QED) is 0.870. The van der Waals surface area contributed by atoms with Crippen LogP contribution >= 0.6 is 0 Å². The minimum Gasteiger partial charge on any atom is -0.379 e. The molecular weight excluding hydrogens is 328 g/mol. The fourth-order valence-corrected chi connectivity index (χ4v) is 4.33. The van der Waals surface area contributed by atoms with E-state index in [9.17, 15) is 9.90 Å². The van der Waals surface area contributed by atoms with E-state index < -0.39 is 5.60 Å². The maximum atomic E-state index is 12.9. The van der Waals surface area contributed by atoms with Crippen LogP contribution in [-0.4, -0.2) is 68.7 Å². The molecule has 1 amide bonds. The lowest BCUT2D eigenvalue weighted by molar-refractivity contribution is -0.161. The maximum Gasteiger partial charge on any atom is 0.255 e. The lowest BCUT2D eigenvalue weighted by atomic mass is 9.87. The van der Waals surface area contributed by atoms with Crippen LogP contribution in [-0.2, 0) is 11.3 Å². The Hall–Kier alpha value is -1.40. The Morgan fingerprint density at radius 2 is 2.00 bits per heavy atom. The molecule has 2 saturated heterocycles. The Morgan fingerprint density at radius 1 is 1.27 bits per heavy atom. The molecule has 3 rings (SSSR count). The molecule has 1 atom stereocenters. The van der Waals surface area contributed by atoms with Crippen molar-refractivity contribution in [2.45, 2.75) is 58.6 Å². The van der Waals surface area contributed by atoms with Gasteiger partial charge in [0.15, 0.2) is 5.60 Å². The number of carbonyl (C=O) groups is 1. The van der Waals surface area contributed by atoms with Gasteiger partial charge in [-0.2, -0.15) is 0 Å². The highest BCUT2D eigenvalue weighted by atomic mass is 16.3. The zero-order valence-electron chi connectivity index (χ0n) is 16.5. The number of imidazole rings is 1. The Labute approximate surface area is 157 Å². The van der Waals surface area contributed by atoms with Gasteiger partial charge in [-0.3, -0.25) is 9.69 Å². The van der Waals surface area contributed by atoms with E-state index in [1.54, 1.807) is 0 Å². The standard InChI is InChI=1S/C20H34N4O2/c1-19(2,3)14-24-9-4-7-20(26,18(24)25)15-22-10-5-17(6-11-22)13-23-12-8-21-16-23/h8,12,16-17,26H,4-7,9-11,13-15H2,1-3H3. The summed E-state index contributed by atoms with van der Waals surface area (Å²) in [6.07, 6.45) is 9.39. The van der Waals surface area contributed by atoms with Gasteiger partial charge < -0.3 is 14.6 Å². The third-order valence-electron chi connectivity index (χ3n) is 5.59. The number of aliphatic hydroxyl groups is 1. The monoisotopic (exact) mass is 362 g/mol. The largest absolute Gasteiger partial charge is 0.379 e. The van der Waals surface area contributed by atoms with E-state index in [1.807, 2.05) is 23.6 Å². The summed E-state index contributed by atoms with van der Waals surface area (Å²) in [5.74, 6) is 0.578. The van der Waals surface area contributed by atoms with Crippen LogP contribution in [0.5, 0.6) is 0 Å². The van der Waals surface area contributed by atoms with Gasteiger partial charge >= 0.3 is 0 Å². The normalized spacial score (nSPS) is 26.5. The van der Waals surface area contributed by atoms with Gasteiger partial charge in [-0.25, -0.2) is 4.98 Å². The van der Waals surface area contributed by atoms with E-state index in [4.69, 9.17) is 0 Å². The molecule has 0 spiro atoms. The van der Waals surface area contributed by atoms with E-state index in [0.29, 0.717) is 25.4 Å². The zero-order chi connectivity index (χ0) is 18.8. The first-order valence-corrected chi connectivity index (χ1v) is 9.95. The molecule has 1 N–H and O–H groups in total. The molecule has 2 aliphatic heterocycles. The number of aromatic nitrogens is 2. The number of hydrogen-bond donors (Lipinski definition) is 1. The Bertz CT molecular complexity index is 587. The third-order valence-corrected chi connectivity index (χ3v) is 5.59.